The third-order valence-corrected chi connectivity index (χ3v) is 6.41. The molecule has 0 aliphatic heterocycles. The van der Waals surface area contributed by atoms with E-state index in [9.17, 15) is 5.21 Å². The zero-order valence-corrected chi connectivity index (χ0v) is 17.8. The second-order valence-corrected chi connectivity index (χ2v) is 9.38. The monoisotopic (exact) mass is 406 g/mol. The topological polar surface area (TPSA) is 36.4 Å². The summed E-state index contributed by atoms with van der Waals surface area (Å²) < 4.78 is 0. The molecule has 3 nitrogen and oxygen atoms in total. The molecule has 27 heavy (non-hydrogen) atoms. The van der Waals surface area contributed by atoms with Crippen molar-refractivity contribution in [3.63, 3.8) is 0 Å². The van der Waals surface area contributed by atoms with Crippen LogP contribution in [-0.4, -0.2) is 16.2 Å². The van der Waals surface area contributed by atoms with E-state index in [1.807, 2.05) is 30.3 Å². The maximum atomic E-state index is 10.9. The van der Waals surface area contributed by atoms with Crippen LogP contribution in [0.15, 0.2) is 36.5 Å². The molecule has 0 atom stereocenters. The number of pyridine rings is 1. The number of rotatable bonds is 4. The lowest BCUT2D eigenvalue weighted by molar-refractivity contribution is 0.126. The zero-order chi connectivity index (χ0) is 19.6. The SMILES string of the molecule is CC(C)(C)C1CCC(N(O)c2c(Cl)cnc(Cc3ccccc3)c2Cl)CC1. The standard InChI is InChI=1S/C22H28Cl2N2O/c1-22(2,3)16-9-11-17(12-10-16)26(27)21-18(23)14-25-19(20(21)24)13-15-7-5-4-6-8-15/h4-8,14,16-17,27H,9-13H2,1-3H3. The first-order chi connectivity index (χ1) is 12.8. The molecule has 0 saturated heterocycles. The molecular formula is C22H28Cl2N2O. The van der Waals surface area contributed by atoms with Gasteiger partial charge in [0.05, 0.1) is 21.8 Å². The van der Waals surface area contributed by atoms with Crippen LogP contribution in [0.3, 0.4) is 0 Å². The normalized spacial score (nSPS) is 20.5. The molecule has 1 aromatic carbocycles. The molecule has 1 saturated carbocycles. The summed E-state index contributed by atoms with van der Waals surface area (Å²) in [5.74, 6) is 0.680. The minimum absolute atomic E-state index is 0.0329. The lowest BCUT2D eigenvalue weighted by Gasteiger charge is -2.39. The third kappa shape index (κ3) is 4.77. The van der Waals surface area contributed by atoms with E-state index in [2.05, 4.69) is 25.8 Å². The van der Waals surface area contributed by atoms with Gasteiger partial charge in [-0.15, -0.1) is 0 Å². The molecule has 1 aliphatic carbocycles. The Morgan fingerprint density at radius 3 is 2.30 bits per heavy atom. The van der Waals surface area contributed by atoms with E-state index in [0.29, 0.717) is 33.5 Å². The quantitative estimate of drug-likeness (QED) is 0.568. The van der Waals surface area contributed by atoms with Gasteiger partial charge in [-0.3, -0.25) is 15.3 Å². The first-order valence-electron chi connectivity index (χ1n) is 9.62. The second-order valence-electron chi connectivity index (χ2n) is 8.59. The van der Waals surface area contributed by atoms with Crippen LogP contribution in [0.5, 0.6) is 0 Å². The summed E-state index contributed by atoms with van der Waals surface area (Å²) in [7, 11) is 0. The van der Waals surface area contributed by atoms with E-state index in [1.165, 1.54) is 5.06 Å². The van der Waals surface area contributed by atoms with Crippen LogP contribution in [0.25, 0.3) is 0 Å². The molecule has 1 fully saturated rings. The van der Waals surface area contributed by atoms with E-state index in [0.717, 1.165) is 36.9 Å². The number of anilines is 1. The van der Waals surface area contributed by atoms with Gasteiger partial charge in [0.15, 0.2) is 0 Å². The Bertz CT molecular complexity index is 766. The highest BCUT2D eigenvalue weighted by Crippen LogP contribution is 2.42. The Morgan fingerprint density at radius 2 is 1.70 bits per heavy atom. The Labute approximate surface area is 172 Å². The second kappa shape index (κ2) is 8.38. The number of halogens is 2. The van der Waals surface area contributed by atoms with E-state index < -0.39 is 0 Å². The van der Waals surface area contributed by atoms with Crippen LogP contribution in [0.2, 0.25) is 10.0 Å². The van der Waals surface area contributed by atoms with E-state index >= 15 is 0 Å². The molecule has 0 amide bonds. The van der Waals surface area contributed by atoms with Crippen molar-refractivity contribution in [2.24, 2.45) is 11.3 Å². The van der Waals surface area contributed by atoms with Gasteiger partial charge in [0.1, 0.15) is 5.69 Å². The Morgan fingerprint density at radius 1 is 1.07 bits per heavy atom. The predicted molar refractivity (Wildman–Crippen MR) is 113 cm³/mol. The molecule has 1 aromatic heterocycles. The molecule has 1 heterocycles. The summed E-state index contributed by atoms with van der Waals surface area (Å²) in [6, 6.07) is 10.1. The minimum atomic E-state index is 0.0329. The molecule has 0 radical (unpaired) electrons. The van der Waals surface area contributed by atoms with Crippen molar-refractivity contribution in [3.05, 3.63) is 57.8 Å². The number of nitrogens with zero attached hydrogens (tertiary/aromatic N) is 2. The van der Waals surface area contributed by atoms with Crippen molar-refractivity contribution in [3.8, 4) is 0 Å². The van der Waals surface area contributed by atoms with Crippen LogP contribution in [0, 0.1) is 11.3 Å². The van der Waals surface area contributed by atoms with E-state index in [1.54, 1.807) is 6.20 Å². The number of benzene rings is 1. The lowest BCUT2D eigenvalue weighted by Crippen LogP contribution is -2.38. The highest BCUT2D eigenvalue weighted by Gasteiger charge is 2.33. The molecule has 1 aliphatic rings. The van der Waals surface area contributed by atoms with Gasteiger partial charge >= 0.3 is 0 Å². The number of hydrogen-bond donors (Lipinski definition) is 1. The van der Waals surface area contributed by atoms with Crippen LogP contribution in [-0.2, 0) is 6.42 Å². The fourth-order valence-electron chi connectivity index (χ4n) is 3.99. The summed E-state index contributed by atoms with van der Waals surface area (Å²) in [6.45, 7) is 6.88. The molecule has 3 rings (SSSR count). The number of aromatic nitrogens is 1. The highest BCUT2D eigenvalue weighted by atomic mass is 35.5. The average molecular weight is 407 g/mol. The van der Waals surface area contributed by atoms with Crippen LogP contribution < -0.4 is 5.06 Å². The van der Waals surface area contributed by atoms with Gasteiger partial charge < -0.3 is 0 Å². The van der Waals surface area contributed by atoms with Crippen LogP contribution in [0.1, 0.15) is 57.7 Å². The lowest BCUT2D eigenvalue weighted by atomic mass is 9.71. The fourth-order valence-corrected chi connectivity index (χ4v) is 4.57. The zero-order valence-electron chi connectivity index (χ0n) is 16.3. The van der Waals surface area contributed by atoms with Gasteiger partial charge in [-0.1, -0.05) is 74.3 Å². The third-order valence-electron chi connectivity index (χ3n) is 5.73. The molecule has 0 spiro atoms. The van der Waals surface area contributed by atoms with Gasteiger partial charge in [-0.25, -0.2) is 0 Å². The fraction of sp³-hybridized carbons (Fsp3) is 0.500. The van der Waals surface area contributed by atoms with Gasteiger partial charge in [-0.2, -0.15) is 0 Å². The number of hydrogen-bond acceptors (Lipinski definition) is 3. The molecular weight excluding hydrogens is 379 g/mol. The van der Waals surface area contributed by atoms with Crippen molar-refractivity contribution in [2.45, 2.75) is 58.9 Å². The van der Waals surface area contributed by atoms with Crippen molar-refractivity contribution < 1.29 is 5.21 Å². The van der Waals surface area contributed by atoms with Crippen LogP contribution >= 0.6 is 23.2 Å². The largest absolute Gasteiger partial charge is 0.288 e. The Balaban J connectivity index is 1.79. The van der Waals surface area contributed by atoms with Crippen molar-refractivity contribution >= 4 is 28.9 Å². The first kappa shape index (κ1) is 20.4. The minimum Gasteiger partial charge on any atom is -0.288 e. The van der Waals surface area contributed by atoms with Crippen molar-refractivity contribution in [1.82, 2.24) is 4.98 Å². The Kier molecular flexibility index (Phi) is 6.35. The smallest absolute Gasteiger partial charge is 0.104 e. The van der Waals surface area contributed by atoms with Gasteiger partial charge in [-0.05, 0) is 42.6 Å². The van der Waals surface area contributed by atoms with Gasteiger partial charge in [0.25, 0.3) is 0 Å². The Hall–Kier alpha value is -1.29. The first-order valence-corrected chi connectivity index (χ1v) is 10.4. The maximum absolute atomic E-state index is 10.9. The molecule has 0 bridgehead atoms. The summed E-state index contributed by atoms with van der Waals surface area (Å²) >= 11 is 13.0. The summed E-state index contributed by atoms with van der Waals surface area (Å²) in [5, 5.41) is 13.0. The van der Waals surface area contributed by atoms with Crippen molar-refractivity contribution in [1.29, 1.82) is 0 Å². The average Bonchev–Trinajstić information content (AvgIpc) is 2.64. The molecule has 0 unspecified atom stereocenters. The number of hydroxylamine groups is 1. The maximum Gasteiger partial charge on any atom is 0.104 e. The summed E-state index contributed by atoms with van der Waals surface area (Å²) in [6.07, 6.45) is 6.26. The summed E-state index contributed by atoms with van der Waals surface area (Å²) in [5.41, 5.74) is 2.64. The summed E-state index contributed by atoms with van der Waals surface area (Å²) in [4.78, 5) is 4.40. The predicted octanol–water partition coefficient (Wildman–Crippen LogP) is 6.78. The molecule has 5 heteroatoms. The van der Waals surface area contributed by atoms with Gasteiger partial charge in [0, 0.05) is 12.6 Å². The molecule has 1 N–H and O–H groups in total. The van der Waals surface area contributed by atoms with E-state index in [-0.39, 0.29) is 6.04 Å². The molecule has 146 valence electrons. The highest BCUT2D eigenvalue weighted by molar-refractivity contribution is 6.39. The van der Waals surface area contributed by atoms with E-state index in [4.69, 9.17) is 23.2 Å². The van der Waals surface area contributed by atoms with Gasteiger partial charge in [0.2, 0.25) is 0 Å². The van der Waals surface area contributed by atoms with Crippen molar-refractivity contribution in [2.75, 3.05) is 5.06 Å². The molecule has 2 aromatic rings. The van der Waals surface area contributed by atoms with Crippen LogP contribution in [0.4, 0.5) is 5.69 Å².